The molecule has 2 atom stereocenters. The molecule has 1 fully saturated rings. The Balaban J connectivity index is 0.00000176. The fourth-order valence-electron chi connectivity index (χ4n) is 3.29. The van der Waals surface area contributed by atoms with Crippen molar-refractivity contribution in [3.05, 3.63) is 23.3 Å². The Kier molecular flexibility index (Phi) is 5.53. The number of nitrogens with two attached hydrogens (primary N) is 1. The maximum Gasteiger partial charge on any atom is 0.255 e. The van der Waals surface area contributed by atoms with Crippen LogP contribution < -0.4 is 21.1 Å². The van der Waals surface area contributed by atoms with Crippen LogP contribution in [0.4, 0.5) is 5.69 Å². The molecule has 122 valence electrons. The molecule has 3 rings (SSSR count). The Morgan fingerprint density at radius 3 is 3.05 bits per heavy atom. The van der Waals surface area contributed by atoms with Crippen LogP contribution >= 0.6 is 12.4 Å². The van der Waals surface area contributed by atoms with Gasteiger partial charge in [-0.1, -0.05) is 6.92 Å². The van der Waals surface area contributed by atoms with Crippen molar-refractivity contribution in [1.82, 2.24) is 10.6 Å². The highest BCUT2D eigenvalue weighted by Gasteiger charge is 2.27. The molecule has 1 aromatic carbocycles. The fraction of sp³-hybridized carbons (Fsp3) is 0.562. The molecule has 0 radical (unpaired) electrons. The van der Waals surface area contributed by atoms with Crippen molar-refractivity contribution >= 4 is 24.0 Å². The van der Waals surface area contributed by atoms with E-state index in [-0.39, 0.29) is 24.4 Å². The van der Waals surface area contributed by atoms with Crippen LogP contribution in [0.15, 0.2) is 12.1 Å². The van der Waals surface area contributed by atoms with E-state index in [0.717, 1.165) is 31.4 Å². The normalized spacial score (nSPS) is 20.7. The number of ether oxygens (including phenoxy) is 1. The van der Waals surface area contributed by atoms with Crippen molar-refractivity contribution in [2.24, 2.45) is 0 Å². The molecule has 2 aliphatic rings. The third-order valence-corrected chi connectivity index (χ3v) is 4.39. The van der Waals surface area contributed by atoms with E-state index in [4.69, 9.17) is 10.5 Å². The van der Waals surface area contributed by atoms with Crippen molar-refractivity contribution < 1.29 is 9.53 Å². The summed E-state index contributed by atoms with van der Waals surface area (Å²) >= 11 is 0. The van der Waals surface area contributed by atoms with Crippen molar-refractivity contribution in [3.63, 3.8) is 0 Å². The Morgan fingerprint density at radius 2 is 2.36 bits per heavy atom. The molecule has 1 amide bonds. The van der Waals surface area contributed by atoms with E-state index in [2.05, 4.69) is 17.6 Å². The summed E-state index contributed by atoms with van der Waals surface area (Å²) in [5.41, 5.74) is 8.13. The van der Waals surface area contributed by atoms with Gasteiger partial charge in [-0.25, -0.2) is 0 Å². The summed E-state index contributed by atoms with van der Waals surface area (Å²) in [5.74, 6) is 0.622. The number of rotatable bonds is 4. The van der Waals surface area contributed by atoms with Crippen molar-refractivity contribution in [2.45, 2.75) is 44.7 Å². The molecule has 22 heavy (non-hydrogen) atoms. The molecule has 2 aliphatic heterocycles. The summed E-state index contributed by atoms with van der Waals surface area (Å²) in [6, 6.07) is 4.14. The van der Waals surface area contributed by atoms with E-state index >= 15 is 0 Å². The maximum absolute atomic E-state index is 12.6. The zero-order valence-electron chi connectivity index (χ0n) is 12.9. The lowest BCUT2D eigenvalue weighted by molar-refractivity contribution is 0.0924. The van der Waals surface area contributed by atoms with Crippen LogP contribution in [0, 0.1) is 0 Å². The Labute approximate surface area is 137 Å². The van der Waals surface area contributed by atoms with Gasteiger partial charge in [0.2, 0.25) is 0 Å². The number of hydrogen-bond donors (Lipinski definition) is 3. The van der Waals surface area contributed by atoms with Crippen molar-refractivity contribution in [1.29, 1.82) is 0 Å². The number of nitrogens with one attached hydrogen (secondary N) is 2. The molecule has 0 saturated carbocycles. The van der Waals surface area contributed by atoms with Gasteiger partial charge in [0.15, 0.2) is 0 Å². The average Bonchev–Trinajstić information content (AvgIpc) is 3.14. The third kappa shape index (κ3) is 3.31. The van der Waals surface area contributed by atoms with Gasteiger partial charge in [-0.2, -0.15) is 0 Å². The number of anilines is 1. The van der Waals surface area contributed by atoms with Crippen LogP contribution in [-0.2, 0) is 6.42 Å². The van der Waals surface area contributed by atoms with Crippen LogP contribution in [0.25, 0.3) is 0 Å². The highest BCUT2D eigenvalue weighted by Crippen LogP contribution is 2.32. The second kappa shape index (κ2) is 7.20. The minimum absolute atomic E-state index is 0. The summed E-state index contributed by atoms with van der Waals surface area (Å²) < 4.78 is 5.61. The fourth-order valence-corrected chi connectivity index (χ4v) is 3.29. The molecular formula is C16H24ClN3O2. The molecule has 2 heterocycles. The second-order valence-electron chi connectivity index (χ2n) is 5.85. The molecule has 0 aromatic heterocycles. The SMILES string of the molecule is CCC(NC(=O)c1cc(N)cc2c1OCC2)C1CCCN1.Cl. The first-order chi connectivity index (χ1) is 10.2. The van der Waals surface area contributed by atoms with E-state index < -0.39 is 0 Å². The lowest BCUT2D eigenvalue weighted by Gasteiger charge is -2.24. The topological polar surface area (TPSA) is 76.4 Å². The molecular weight excluding hydrogens is 302 g/mol. The first-order valence-corrected chi connectivity index (χ1v) is 7.78. The van der Waals surface area contributed by atoms with Gasteiger partial charge in [0.25, 0.3) is 5.91 Å². The number of carbonyl (C=O) groups is 1. The number of benzene rings is 1. The van der Waals surface area contributed by atoms with Gasteiger partial charge in [0.1, 0.15) is 5.75 Å². The highest BCUT2D eigenvalue weighted by atomic mass is 35.5. The molecule has 1 saturated heterocycles. The van der Waals surface area contributed by atoms with Crippen molar-refractivity contribution in [2.75, 3.05) is 18.9 Å². The molecule has 0 bridgehead atoms. The summed E-state index contributed by atoms with van der Waals surface area (Å²) in [6.07, 6.45) is 4.02. The standard InChI is InChI=1S/C16H23N3O2.ClH/c1-2-13(14-4-3-6-18-14)19-16(20)12-9-11(17)8-10-5-7-21-15(10)12;/h8-9,13-14,18H,2-7,17H2,1H3,(H,19,20);1H. The smallest absolute Gasteiger partial charge is 0.255 e. The zero-order valence-corrected chi connectivity index (χ0v) is 13.7. The predicted molar refractivity (Wildman–Crippen MR) is 89.9 cm³/mol. The largest absolute Gasteiger partial charge is 0.492 e. The number of hydrogen-bond acceptors (Lipinski definition) is 4. The summed E-state index contributed by atoms with van der Waals surface area (Å²) in [6.45, 7) is 3.76. The summed E-state index contributed by atoms with van der Waals surface area (Å²) in [4.78, 5) is 12.6. The van der Waals surface area contributed by atoms with E-state index in [0.29, 0.717) is 29.6 Å². The van der Waals surface area contributed by atoms with Crippen LogP contribution in [0.5, 0.6) is 5.75 Å². The summed E-state index contributed by atoms with van der Waals surface area (Å²) in [5, 5.41) is 6.60. The number of nitrogen functional groups attached to an aromatic ring is 1. The Bertz CT molecular complexity index is 544. The quantitative estimate of drug-likeness (QED) is 0.739. The zero-order chi connectivity index (χ0) is 14.8. The third-order valence-electron chi connectivity index (χ3n) is 4.39. The number of halogens is 1. The van der Waals surface area contributed by atoms with Gasteiger partial charge in [-0.3, -0.25) is 4.79 Å². The second-order valence-corrected chi connectivity index (χ2v) is 5.85. The molecule has 6 heteroatoms. The predicted octanol–water partition coefficient (Wildman–Crippen LogP) is 1.89. The van der Waals surface area contributed by atoms with Crippen LogP contribution in [0.3, 0.4) is 0 Å². The van der Waals surface area contributed by atoms with E-state index in [1.165, 1.54) is 6.42 Å². The molecule has 5 nitrogen and oxygen atoms in total. The molecule has 0 spiro atoms. The number of carbonyl (C=O) groups excluding carboxylic acids is 1. The van der Waals surface area contributed by atoms with E-state index in [1.54, 1.807) is 6.07 Å². The molecule has 4 N–H and O–H groups in total. The first kappa shape index (κ1) is 16.9. The van der Waals surface area contributed by atoms with Gasteiger partial charge in [-0.15, -0.1) is 12.4 Å². The van der Waals surface area contributed by atoms with Crippen LogP contribution in [-0.4, -0.2) is 31.1 Å². The van der Waals surface area contributed by atoms with Crippen LogP contribution in [0.1, 0.15) is 42.1 Å². The Hall–Kier alpha value is -1.46. The minimum atomic E-state index is -0.0824. The van der Waals surface area contributed by atoms with Gasteiger partial charge in [0, 0.05) is 29.8 Å². The van der Waals surface area contributed by atoms with E-state index in [1.807, 2.05) is 6.07 Å². The average molecular weight is 326 g/mol. The van der Waals surface area contributed by atoms with Crippen molar-refractivity contribution in [3.8, 4) is 5.75 Å². The molecule has 2 unspecified atom stereocenters. The number of amides is 1. The molecule has 0 aliphatic carbocycles. The van der Waals surface area contributed by atoms with E-state index in [9.17, 15) is 4.79 Å². The monoisotopic (exact) mass is 325 g/mol. The van der Waals surface area contributed by atoms with Gasteiger partial charge in [0.05, 0.1) is 12.2 Å². The number of fused-ring (bicyclic) bond motifs is 1. The lowest BCUT2D eigenvalue weighted by atomic mass is 10.0. The first-order valence-electron chi connectivity index (χ1n) is 7.78. The summed E-state index contributed by atoms with van der Waals surface area (Å²) in [7, 11) is 0. The maximum atomic E-state index is 12.6. The minimum Gasteiger partial charge on any atom is -0.492 e. The molecule has 1 aromatic rings. The van der Waals surface area contributed by atoms with Gasteiger partial charge < -0.3 is 21.1 Å². The van der Waals surface area contributed by atoms with Gasteiger partial charge in [-0.05, 0) is 37.9 Å². The van der Waals surface area contributed by atoms with Crippen LogP contribution in [0.2, 0.25) is 0 Å². The Morgan fingerprint density at radius 1 is 1.55 bits per heavy atom. The van der Waals surface area contributed by atoms with Gasteiger partial charge >= 0.3 is 0 Å². The lowest BCUT2D eigenvalue weighted by Crippen LogP contribution is -2.47. The highest BCUT2D eigenvalue weighted by molar-refractivity contribution is 5.98.